The fourth-order valence-electron chi connectivity index (χ4n) is 3.24. The second kappa shape index (κ2) is 8.59. The summed E-state index contributed by atoms with van der Waals surface area (Å²) < 4.78 is 5.47. The van der Waals surface area contributed by atoms with Crippen molar-refractivity contribution in [2.24, 2.45) is 0 Å². The van der Waals surface area contributed by atoms with E-state index in [1.807, 2.05) is 43.3 Å². The molecule has 0 unspecified atom stereocenters. The first-order valence-corrected chi connectivity index (χ1v) is 9.53. The SMILES string of the molecule is Cc1cc(Nc2ccc(C#N)cc2)nc(Nc2ccccc2N2CCOCC2)n1. The van der Waals surface area contributed by atoms with Gasteiger partial charge >= 0.3 is 0 Å². The first kappa shape index (κ1) is 18.7. The molecule has 0 atom stereocenters. The van der Waals surface area contributed by atoms with Crippen LogP contribution in [0.1, 0.15) is 11.3 Å². The minimum absolute atomic E-state index is 0.529. The number of aryl methyl sites for hydroxylation is 1. The zero-order valence-corrected chi connectivity index (χ0v) is 16.2. The summed E-state index contributed by atoms with van der Waals surface area (Å²) in [4.78, 5) is 11.5. The molecule has 2 heterocycles. The van der Waals surface area contributed by atoms with Crippen molar-refractivity contribution >= 4 is 28.8 Å². The van der Waals surface area contributed by atoms with Crippen molar-refractivity contribution in [2.75, 3.05) is 41.8 Å². The highest BCUT2D eigenvalue weighted by molar-refractivity contribution is 5.74. The van der Waals surface area contributed by atoms with Crippen LogP contribution in [0.3, 0.4) is 0 Å². The predicted molar refractivity (Wildman–Crippen MR) is 114 cm³/mol. The second-order valence-electron chi connectivity index (χ2n) is 6.77. The molecule has 2 N–H and O–H groups in total. The molecule has 0 saturated carbocycles. The Labute approximate surface area is 170 Å². The van der Waals surface area contributed by atoms with Gasteiger partial charge in [-0.25, -0.2) is 4.98 Å². The molecule has 0 amide bonds. The van der Waals surface area contributed by atoms with Crippen LogP contribution in [-0.2, 0) is 4.74 Å². The van der Waals surface area contributed by atoms with Crippen molar-refractivity contribution in [1.29, 1.82) is 5.26 Å². The molecule has 7 nitrogen and oxygen atoms in total. The number of hydrogen-bond donors (Lipinski definition) is 2. The zero-order chi connectivity index (χ0) is 20.1. The van der Waals surface area contributed by atoms with E-state index in [1.165, 1.54) is 0 Å². The lowest BCUT2D eigenvalue weighted by Gasteiger charge is -2.30. The van der Waals surface area contributed by atoms with Gasteiger partial charge in [-0.15, -0.1) is 0 Å². The molecule has 0 aliphatic carbocycles. The first-order valence-electron chi connectivity index (χ1n) is 9.53. The van der Waals surface area contributed by atoms with Gasteiger partial charge in [-0.3, -0.25) is 0 Å². The van der Waals surface area contributed by atoms with Crippen molar-refractivity contribution < 1.29 is 4.74 Å². The summed E-state index contributed by atoms with van der Waals surface area (Å²) >= 11 is 0. The largest absolute Gasteiger partial charge is 0.378 e. The van der Waals surface area contributed by atoms with Gasteiger partial charge in [-0.2, -0.15) is 10.2 Å². The Bertz CT molecular complexity index is 1020. The van der Waals surface area contributed by atoms with Gasteiger partial charge in [0.2, 0.25) is 5.95 Å². The first-order chi connectivity index (χ1) is 14.2. The molecule has 1 aliphatic heterocycles. The summed E-state index contributed by atoms with van der Waals surface area (Å²) in [6.07, 6.45) is 0. The normalized spacial score (nSPS) is 13.6. The molecule has 146 valence electrons. The molecule has 1 aromatic heterocycles. The Hall–Kier alpha value is -3.63. The Morgan fingerprint density at radius 2 is 1.76 bits per heavy atom. The second-order valence-corrected chi connectivity index (χ2v) is 6.77. The lowest BCUT2D eigenvalue weighted by molar-refractivity contribution is 0.123. The number of anilines is 5. The van der Waals surface area contributed by atoms with Crippen LogP contribution in [0.4, 0.5) is 28.8 Å². The highest BCUT2D eigenvalue weighted by Gasteiger charge is 2.15. The van der Waals surface area contributed by atoms with E-state index in [0.717, 1.165) is 49.1 Å². The summed E-state index contributed by atoms with van der Waals surface area (Å²) in [7, 11) is 0. The number of ether oxygens (including phenoxy) is 1. The average molecular weight is 386 g/mol. The summed E-state index contributed by atoms with van der Waals surface area (Å²) in [6, 6.07) is 19.4. The number of morpholine rings is 1. The molecule has 1 fully saturated rings. The van der Waals surface area contributed by atoms with Crippen molar-refractivity contribution in [3.8, 4) is 6.07 Å². The average Bonchev–Trinajstić information content (AvgIpc) is 2.75. The quantitative estimate of drug-likeness (QED) is 0.686. The Morgan fingerprint density at radius 1 is 1.00 bits per heavy atom. The molecule has 2 aromatic carbocycles. The number of nitrogens with zero attached hydrogens (tertiary/aromatic N) is 4. The molecule has 1 aliphatic rings. The molecule has 3 aromatic rings. The summed E-state index contributed by atoms with van der Waals surface area (Å²) in [5.74, 6) is 1.22. The number of nitrogens with one attached hydrogen (secondary N) is 2. The zero-order valence-electron chi connectivity index (χ0n) is 16.2. The topological polar surface area (TPSA) is 86.1 Å². The van der Waals surface area contributed by atoms with Crippen molar-refractivity contribution in [2.45, 2.75) is 6.92 Å². The van der Waals surface area contributed by atoms with Crippen LogP contribution in [0.5, 0.6) is 0 Å². The molecule has 1 saturated heterocycles. The molecule has 0 bridgehead atoms. The minimum Gasteiger partial charge on any atom is -0.378 e. The number of para-hydroxylation sites is 2. The van der Waals surface area contributed by atoms with Gasteiger partial charge in [0.15, 0.2) is 0 Å². The van der Waals surface area contributed by atoms with Crippen molar-refractivity contribution in [3.63, 3.8) is 0 Å². The van der Waals surface area contributed by atoms with Crippen LogP contribution >= 0.6 is 0 Å². The Balaban J connectivity index is 1.56. The van der Waals surface area contributed by atoms with E-state index in [2.05, 4.69) is 37.6 Å². The smallest absolute Gasteiger partial charge is 0.229 e. The highest BCUT2D eigenvalue weighted by atomic mass is 16.5. The lowest BCUT2D eigenvalue weighted by Crippen LogP contribution is -2.36. The third kappa shape index (κ3) is 4.62. The molecule has 29 heavy (non-hydrogen) atoms. The van der Waals surface area contributed by atoms with Crippen LogP contribution in [0, 0.1) is 18.3 Å². The fraction of sp³-hybridized carbons (Fsp3) is 0.227. The molecular weight excluding hydrogens is 364 g/mol. The maximum Gasteiger partial charge on any atom is 0.229 e. The lowest BCUT2D eigenvalue weighted by atomic mass is 10.2. The fourth-order valence-corrected chi connectivity index (χ4v) is 3.24. The van der Waals surface area contributed by atoms with Gasteiger partial charge in [0.05, 0.1) is 36.2 Å². The van der Waals surface area contributed by atoms with E-state index in [0.29, 0.717) is 17.3 Å². The van der Waals surface area contributed by atoms with Gasteiger partial charge in [0.25, 0.3) is 0 Å². The third-order valence-corrected chi connectivity index (χ3v) is 4.64. The van der Waals surface area contributed by atoms with Gasteiger partial charge < -0.3 is 20.3 Å². The van der Waals surface area contributed by atoms with E-state index in [9.17, 15) is 0 Å². The Morgan fingerprint density at radius 3 is 2.52 bits per heavy atom. The summed E-state index contributed by atoms with van der Waals surface area (Å²) in [5, 5.41) is 15.6. The number of aromatic nitrogens is 2. The van der Waals surface area contributed by atoms with E-state index < -0.39 is 0 Å². The predicted octanol–water partition coefficient (Wildman–Crippen LogP) is 3.98. The van der Waals surface area contributed by atoms with Crippen LogP contribution in [0.2, 0.25) is 0 Å². The van der Waals surface area contributed by atoms with Crippen LogP contribution < -0.4 is 15.5 Å². The minimum atomic E-state index is 0.529. The van der Waals surface area contributed by atoms with Gasteiger partial charge in [-0.1, -0.05) is 12.1 Å². The van der Waals surface area contributed by atoms with Crippen LogP contribution in [0.25, 0.3) is 0 Å². The van der Waals surface area contributed by atoms with Gasteiger partial charge in [0.1, 0.15) is 5.82 Å². The molecule has 7 heteroatoms. The van der Waals surface area contributed by atoms with Crippen molar-refractivity contribution in [3.05, 3.63) is 65.9 Å². The monoisotopic (exact) mass is 386 g/mol. The van der Waals surface area contributed by atoms with E-state index in [1.54, 1.807) is 12.1 Å². The number of rotatable bonds is 5. The van der Waals surface area contributed by atoms with Crippen LogP contribution in [-0.4, -0.2) is 36.3 Å². The van der Waals surface area contributed by atoms with E-state index in [4.69, 9.17) is 10.00 Å². The number of benzene rings is 2. The van der Waals surface area contributed by atoms with E-state index in [-0.39, 0.29) is 0 Å². The third-order valence-electron chi connectivity index (χ3n) is 4.64. The molecule has 0 radical (unpaired) electrons. The van der Waals surface area contributed by atoms with Gasteiger partial charge in [0, 0.05) is 30.5 Å². The Kier molecular flexibility index (Phi) is 5.54. The highest BCUT2D eigenvalue weighted by Crippen LogP contribution is 2.29. The summed E-state index contributed by atoms with van der Waals surface area (Å²) in [5.41, 5.74) is 4.41. The maximum absolute atomic E-state index is 8.94. The molecule has 0 spiro atoms. The van der Waals surface area contributed by atoms with Crippen LogP contribution in [0.15, 0.2) is 54.6 Å². The molecule has 4 rings (SSSR count). The number of hydrogen-bond acceptors (Lipinski definition) is 7. The van der Waals surface area contributed by atoms with E-state index >= 15 is 0 Å². The van der Waals surface area contributed by atoms with Gasteiger partial charge in [-0.05, 0) is 43.3 Å². The van der Waals surface area contributed by atoms with Crippen molar-refractivity contribution in [1.82, 2.24) is 9.97 Å². The summed E-state index contributed by atoms with van der Waals surface area (Å²) in [6.45, 7) is 5.12. The maximum atomic E-state index is 8.94. The standard InChI is InChI=1S/C22H22N6O/c1-16-14-21(25-18-8-6-17(15-23)7-9-18)27-22(24-16)26-19-4-2-3-5-20(19)28-10-12-29-13-11-28/h2-9,14H,10-13H2,1H3,(H2,24,25,26,27). The molecular formula is C22H22N6O. The number of nitriles is 1.